The molecule has 0 aliphatic heterocycles. The van der Waals surface area contributed by atoms with Crippen LogP contribution in [0.15, 0.2) is 23.0 Å². The lowest BCUT2D eigenvalue weighted by Gasteiger charge is -2.26. The van der Waals surface area contributed by atoms with Gasteiger partial charge in [-0.3, -0.25) is 4.79 Å². The molecule has 0 atom stereocenters. The van der Waals surface area contributed by atoms with Crippen molar-refractivity contribution in [3.8, 4) is 0 Å². The number of aryl methyl sites for hydroxylation is 2. The molecule has 2 aromatic rings. The van der Waals surface area contributed by atoms with Crippen molar-refractivity contribution in [1.29, 1.82) is 0 Å². The Bertz CT molecular complexity index is 857. The van der Waals surface area contributed by atoms with Crippen LogP contribution < -0.4 is 15.8 Å². The molecular weight excluding hydrogens is 356 g/mol. The number of hydrogen-bond donors (Lipinski definition) is 3. The number of rotatable bonds is 7. The highest BCUT2D eigenvalue weighted by atomic mass is 32.1. The van der Waals surface area contributed by atoms with Gasteiger partial charge in [0.2, 0.25) is 0 Å². The van der Waals surface area contributed by atoms with Crippen LogP contribution in [0.25, 0.3) is 10.9 Å². The molecule has 2 rings (SSSR count). The van der Waals surface area contributed by atoms with E-state index >= 15 is 0 Å². The first-order chi connectivity index (χ1) is 12.7. The Hall–Kier alpha value is -1.92. The van der Waals surface area contributed by atoms with Gasteiger partial charge in [-0.15, -0.1) is 0 Å². The summed E-state index contributed by atoms with van der Waals surface area (Å²) in [6.07, 6.45) is 0. The number of quaternary nitrogens is 1. The van der Waals surface area contributed by atoms with Crippen molar-refractivity contribution < 1.29 is 4.90 Å². The Morgan fingerprint density at radius 1 is 1.30 bits per heavy atom. The minimum atomic E-state index is -0.0370. The number of aromatic nitrogens is 1. The molecule has 27 heavy (non-hydrogen) atoms. The maximum absolute atomic E-state index is 12.7. The fourth-order valence-electron chi connectivity index (χ4n) is 2.91. The number of hydrogen-bond acceptors (Lipinski definition) is 2. The number of H-pyrrole nitrogens is 1. The molecule has 148 valence electrons. The second-order valence-electron chi connectivity index (χ2n) is 8.05. The van der Waals surface area contributed by atoms with E-state index in [-0.39, 0.29) is 5.56 Å². The Labute approximate surface area is 167 Å². The third-order valence-electron chi connectivity index (χ3n) is 4.82. The molecule has 0 spiro atoms. The van der Waals surface area contributed by atoms with E-state index in [0.717, 1.165) is 41.7 Å². The Morgan fingerprint density at radius 3 is 2.63 bits per heavy atom. The van der Waals surface area contributed by atoms with Crippen LogP contribution in [0.3, 0.4) is 0 Å². The van der Waals surface area contributed by atoms with Gasteiger partial charge in [-0.05, 0) is 54.6 Å². The SMILES string of the molecule is Cc1ccc2cc(CN(CC[NH+](C)C)C(=S)NCC(C)C)c(=O)[nH]c2c1C. The Balaban J connectivity index is 2.29. The van der Waals surface area contributed by atoms with Crippen molar-refractivity contribution in [3.05, 3.63) is 45.2 Å². The van der Waals surface area contributed by atoms with E-state index in [9.17, 15) is 4.79 Å². The number of fused-ring (bicyclic) bond motifs is 1. The largest absolute Gasteiger partial charge is 0.362 e. The first kappa shape index (κ1) is 21.4. The quantitative estimate of drug-likeness (QED) is 0.630. The lowest BCUT2D eigenvalue weighted by Crippen LogP contribution is -3.06. The van der Waals surface area contributed by atoms with Gasteiger partial charge in [-0.1, -0.05) is 26.0 Å². The lowest BCUT2D eigenvalue weighted by molar-refractivity contribution is -0.857. The molecule has 0 saturated heterocycles. The van der Waals surface area contributed by atoms with E-state index in [1.165, 1.54) is 10.5 Å². The van der Waals surface area contributed by atoms with Gasteiger partial charge in [0.1, 0.15) is 0 Å². The van der Waals surface area contributed by atoms with E-state index in [0.29, 0.717) is 17.6 Å². The third-order valence-corrected chi connectivity index (χ3v) is 5.22. The molecule has 5 nitrogen and oxygen atoms in total. The first-order valence-electron chi connectivity index (χ1n) is 9.63. The van der Waals surface area contributed by atoms with Crippen LogP contribution in [0.1, 0.15) is 30.5 Å². The summed E-state index contributed by atoms with van der Waals surface area (Å²) in [5, 5.41) is 5.11. The standard InChI is InChI=1S/C21H32N4OS/c1-14(2)12-22-21(27)25(10-9-24(5)6)13-18-11-17-8-7-15(3)16(4)19(17)23-20(18)26/h7-8,11,14H,9-10,12-13H2,1-6H3,(H,22,27)(H,23,26)/p+1. The van der Waals surface area contributed by atoms with Gasteiger partial charge >= 0.3 is 0 Å². The highest BCUT2D eigenvalue weighted by Crippen LogP contribution is 2.19. The summed E-state index contributed by atoms with van der Waals surface area (Å²) in [7, 11) is 4.24. The first-order valence-corrected chi connectivity index (χ1v) is 10.0. The molecule has 1 heterocycles. The molecule has 0 unspecified atom stereocenters. The summed E-state index contributed by atoms with van der Waals surface area (Å²) in [5.74, 6) is 0.513. The van der Waals surface area contributed by atoms with Gasteiger partial charge in [-0.2, -0.15) is 0 Å². The van der Waals surface area contributed by atoms with Gasteiger partial charge < -0.3 is 20.1 Å². The molecule has 6 heteroatoms. The van der Waals surface area contributed by atoms with Crippen LogP contribution in [0, 0.1) is 19.8 Å². The molecule has 0 aliphatic carbocycles. The number of pyridine rings is 1. The van der Waals surface area contributed by atoms with E-state index < -0.39 is 0 Å². The van der Waals surface area contributed by atoms with Crippen molar-refractivity contribution in [1.82, 2.24) is 15.2 Å². The fourth-order valence-corrected chi connectivity index (χ4v) is 3.15. The van der Waals surface area contributed by atoms with Gasteiger partial charge in [0.05, 0.1) is 39.2 Å². The zero-order valence-electron chi connectivity index (χ0n) is 17.4. The predicted molar refractivity (Wildman–Crippen MR) is 118 cm³/mol. The van der Waals surface area contributed by atoms with E-state index in [1.807, 2.05) is 13.0 Å². The van der Waals surface area contributed by atoms with E-state index in [2.05, 4.69) is 62.2 Å². The minimum Gasteiger partial charge on any atom is -0.362 e. The number of benzene rings is 1. The predicted octanol–water partition coefficient (Wildman–Crippen LogP) is 1.62. The number of likely N-dealkylation sites (N-methyl/N-ethyl adjacent to an activating group) is 1. The minimum absolute atomic E-state index is 0.0370. The molecule has 0 saturated carbocycles. The molecule has 0 fully saturated rings. The molecular formula is C21H33N4OS+. The van der Waals surface area contributed by atoms with Crippen molar-refractivity contribution in [2.45, 2.75) is 34.2 Å². The van der Waals surface area contributed by atoms with E-state index in [1.54, 1.807) is 0 Å². The average Bonchev–Trinajstić information content (AvgIpc) is 2.60. The van der Waals surface area contributed by atoms with Crippen LogP contribution in [-0.4, -0.2) is 48.7 Å². The monoisotopic (exact) mass is 389 g/mol. The van der Waals surface area contributed by atoms with Crippen LogP contribution in [-0.2, 0) is 6.54 Å². The van der Waals surface area contributed by atoms with Crippen molar-refractivity contribution in [3.63, 3.8) is 0 Å². The molecule has 0 bridgehead atoms. The molecule has 0 amide bonds. The molecule has 0 radical (unpaired) electrons. The summed E-state index contributed by atoms with van der Waals surface area (Å²) in [5.41, 5.74) is 3.94. The van der Waals surface area contributed by atoms with Crippen molar-refractivity contribution in [2.75, 3.05) is 33.7 Å². The van der Waals surface area contributed by atoms with E-state index in [4.69, 9.17) is 12.2 Å². The highest BCUT2D eigenvalue weighted by Gasteiger charge is 2.15. The summed E-state index contributed by atoms with van der Waals surface area (Å²) >= 11 is 5.62. The van der Waals surface area contributed by atoms with Crippen molar-refractivity contribution in [2.24, 2.45) is 5.92 Å². The smallest absolute Gasteiger partial charge is 0.253 e. The fraction of sp³-hybridized carbons (Fsp3) is 0.524. The number of thiocarbonyl (C=S) groups is 1. The zero-order valence-corrected chi connectivity index (χ0v) is 18.2. The molecule has 1 aromatic carbocycles. The second-order valence-corrected chi connectivity index (χ2v) is 8.44. The second kappa shape index (κ2) is 9.33. The topological polar surface area (TPSA) is 52.6 Å². The average molecular weight is 390 g/mol. The van der Waals surface area contributed by atoms with Crippen LogP contribution >= 0.6 is 12.2 Å². The summed E-state index contributed by atoms with van der Waals surface area (Å²) in [4.78, 5) is 19.2. The highest BCUT2D eigenvalue weighted by molar-refractivity contribution is 7.80. The van der Waals surface area contributed by atoms with Gasteiger partial charge in [-0.25, -0.2) is 0 Å². The summed E-state index contributed by atoms with van der Waals surface area (Å²) in [6, 6.07) is 6.17. The summed E-state index contributed by atoms with van der Waals surface area (Å²) < 4.78 is 0. The number of nitrogens with one attached hydrogen (secondary N) is 3. The van der Waals surface area contributed by atoms with Crippen molar-refractivity contribution >= 4 is 28.2 Å². The Kier molecular flexibility index (Phi) is 7.39. The zero-order chi connectivity index (χ0) is 20.1. The molecule has 1 aromatic heterocycles. The summed E-state index contributed by atoms with van der Waals surface area (Å²) in [6.45, 7) is 11.5. The third kappa shape index (κ3) is 5.78. The van der Waals surface area contributed by atoms with Crippen LogP contribution in [0.2, 0.25) is 0 Å². The Morgan fingerprint density at radius 2 is 2.00 bits per heavy atom. The van der Waals surface area contributed by atoms with Gasteiger partial charge in [0.15, 0.2) is 5.11 Å². The maximum atomic E-state index is 12.7. The van der Waals surface area contributed by atoms with Gasteiger partial charge in [0, 0.05) is 12.1 Å². The van der Waals surface area contributed by atoms with Crippen LogP contribution in [0.4, 0.5) is 0 Å². The molecule has 3 N–H and O–H groups in total. The number of nitrogens with zero attached hydrogens (tertiary/aromatic N) is 1. The lowest BCUT2D eigenvalue weighted by atomic mass is 10.0. The normalized spacial score (nSPS) is 11.4. The van der Waals surface area contributed by atoms with Crippen LogP contribution in [0.5, 0.6) is 0 Å². The van der Waals surface area contributed by atoms with Gasteiger partial charge in [0.25, 0.3) is 5.56 Å². The molecule has 0 aliphatic rings. The maximum Gasteiger partial charge on any atom is 0.253 e. The number of aromatic amines is 1.